The average molecular weight is 251 g/mol. The number of halogens is 2. The third-order valence-corrected chi connectivity index (χ3v) is 4.14. The minimum absolute atomic E-state index is 0.127. The monoisotopic (exact) mass is 251 g/mol. The van der Waals surface area contributed by atoms with Crippen LogP contribution in [0.2, 0.25) is 0 Å². The van der Waals surface area contributed by atoms with Crippen LogP contribution in [0.3, 0.4) is 0 Å². The van der Waals surface area contributed by atoms with Crippen molar-refractivity contribution >= 4 is 0 Å². The molecule has 18 heavy (non-hydrogen) atoms. The first-order valence-corrected chi connectivity index (χ1v) is 6.82. The minimum atomic E-state index is -0.419. The summed E-state index contributed by atoms with van der Waals surface area (Å²) in [4.78, 5) is 0. The van der Waals surface area contributed by atoms with Crippen molar-refractivity contribution in [3.05, 3.63) is 40.8 Å². The molecular formula is C16H21F2. The summed E-state index contributed by atoms with van der Waals surface area (Å²) >= 11 is 0. The Bertz CT molecular complexity index is 381. The van der Waals surface area contributed by atoms with Gasteiger partial charge in [0.05, 0.1) is 0 Å². The fraction of sp³-hybridized carbons (Fsp3) is 0.562. The van der Waals surface area contributed by atoms with E-state index in [0.717, 1.165) is 24.3 Å². The molecule has 0 spiro atoms. The molecule has 0 aliphatic heterocycles. The number of hydrogen-bond acceptors (Lipinski definition) is 0. The molecule has 0 aromatic heterocycles. The molecule has 0 atom stereocenters. The summed E-state index contributed by atoms with van der Waals surface area (Å²) in [5.41, 5.74) is 0.920. The zero-order valence-corrected chi connectivity index (χ0v) is 11.2. The van der Waals surface area contributed by atoms with Gasteiger partial charge in [-0.2, -0.15) is 0 Å². The molecule has 0 N–H and O–H groups in total. The van der Waals surface area contributed by atoms with Gasteiger partial charge in [-0.1, -0.05) is 6.92 Å². The van der Waals surface area contributed by atoms with Crippen molar-refractivity contribution in [3.8, 4) is 0 Å². The van der Waals surface area contributed by atoms with E-state index in [9.17, 15) is 8.78 Å². The maximum Gasteiger partial charge on any atom is 0.129 e. The van der Waals surface area contributed by atoms with Crippen molar-refractivity contribution in [2.45, 2.75) is 52.4 Å². The van der Waals surface area contributed by atoms with Crippen LogP contribution >= 0.6 is 0 Å². The van der Waals surface area contributed by atoms with E-state index in [4.69, 9.17) is 0 Å². The molecule has 1 aliphatic rings. The van der Waals surface area contributed by atoms with E-state index in [2.05, 4.69) is 6.92 Å². The normalized spacial score (nSPS) is 18.2. The van der Waals surface area contributed by atoms with Gasteiger partial charge in [-0.05, 0) is 75.0 Å². The van der Waals surface area contributed by atoms with Gasteiger partial charge >= 0.3 is 0 Å². The van der Waals surface area contributed by atoms with Crippen LogP contribution in [-0.2, 0) is 6.42 Å². The van der Waals surface area contributed by atoms with E-state index in [1.165, 1.54) is 44.7 Å². The van der Waals surface area contributed by atoms with Gasteiger partial charge < -0.3 is 0 Å². The van der Waals surface area contributed by atoms with E-state index < -0.39 is 11.6 Å². The van der Waals surface area contributed by atoms with E-state index in [1.807, 2.05) is 0 Å². The molecule has 0 saturated heterocycles. The Morgan fingerprint density at radius 2 is 1.61 bits per heavy atom. The fourth-order valence-corrected chi connectivity index (χ4v) is 2.67. The summed E-state index contributed by atoms with van der Waals surface area (Å²) in [6, 6.07) is 2.97. The summed E-state index contributed by atoms with van der Waals surface area (Å²) in [5, 5.41) is 0. The van der Waals surface area contributed by atoms with E-state index >= 15 is 0 Å². The molecular weight excluding hydrogens is 230 g/mol. The molecule has 0 nitrogen and oxygen atoms in total. The van der Waals surface area contributed by atoms with Crippen LogP contribution in [0.1, 0.15) is 50.2 Å². The number of rotatable bonds is 3. The Kier molecular flexibility index (Phi) is 4.36. The molecule has 2 heteroatoms. The van der Waals surface area contributed by atoms with E-state index in [1.54, 1.807) is 5.92 Å². The van der Waals surface area contributed by atoms with Gasteiger partial charge in [0.25, 0.3) is 0 Å². The molecule has 0 amide bonds. The van der Waals surface area contributed by atoms with Crippen molar-refractivity contribution in [2.24, 2.45) is 5.92 Å². The second-order valence-electron chi connectivity index (χ2n) is 5.62. The predicted octanol–water partition coefficient (Wildman–Crippen LogP) is 4.99. The lowest BCUT2D eigenvalue weighted by atomic mass is 9.80. The fourth-order valence-electron chi connectivity index (χ4n) is 2.67. The molecule has 1 fully saturated rings. The molecule has 0 unspecified atom stereocenters. The molecule has 1 aliphatic carbocycles. The standard InChI is InChI=1S/C16H21F2/c1-11-3-5-13(6-4-11)7-8-14-9-15(17)12(2)16(18)10-14/h9-10,13H,3-8H2,1-2H3. The molecule has 99 valence electrons. The van der Waals surface area contributed by atoms with Gasteiger partial charge in [0.2, 0.25) is 0 Å². The van der Waals surface area contributed by atoms with Crippen LogP contribution in [0.4, 0.5) is 8.78 Å². The lowest BCUT2D eigenvalue weighted by Gasteiger charge is -2.25. The average Bonchev–Trinajstić information content (AvgIpc) is 2.35. The topological polar surface area (TPSA) is 0 Å². The quantitative estimate of drug-likeness (QED) is 0.710. The van der Waals surface area contributed by atoms with Crippen molar-refractivity contribution < 1.29 is 8.78 Å². The van der Waals surface area contributed by atoms with E-state index in [-0.39, 0.29) is 5.56 Å². The zero-order valence-electron chi connectivity index (χ0n) is 11.2. The third kappa shape index (κ3) is 3.30. The molecule has 1 saturated carbocycles. The maximum atomic E-state index is 13.4. The number of hydrogen-bond donors (Lipinski definition) is 0. The Morgan fingerprint density at radius 1 is 1.06 bits per heavy atom. The van der Waals surface area contributed by atoms with Gasteiger partial charge in [0.15, 0.2) is 0 Å². The summed E-state index contributed by atoms with van der Waals surface area (Å²) in [6.45, 7) is 3.70. The highest BCUT2D eigenvalue weighted by atomic mass is 19.1. The van der Waals surface area contributed by atoms with Gasteiger partial charge in [-0.15, -0.1) is 0 Å². The van der Waals surface area contributed by atoms with Gasteiger partial charge in [-0.25, -0.2) is 8.78 Å². The highest BCUT2D eigenvalue weighted by molar-refractivity contribution is 5.25. The summed E-state index contributed by atoms with van der Waals surface area (Å²) in [5.74, 6) is 1.48. The van der Waals surface area contributed by atoms with Crippen LogP contribution in [0.5, 0.6) is 0 Å². The minimum Gasteiger partial charge on any atom is -0.207 e. The zero-order chi connectivity index (χ0) is 13.1. The summed E-state index contributed by atoms with van der Waals surface area (Å²) in [7, 11) is 0. The first-order valence-electron chi connectivity index (χ1n) is 6.82. The maximum absolute atomic E-state index is 13.4. The Morgan fingerprint density at radius 3 is 2.17 bits per heavy atom. The molecule has 0 heterocycles. The highest BCUT2D eigenvalue weighted by Crippen LogP contribution is 2.32. The first-order chi connectivity index (χ1) is 8.56. The number of benzene rings is 1. The Balaban J connectivity index is 1.90. The van der Waals surface area contributed by atoms with Crippen LogP contribution in [0, 0.1) is 30.4 Å². The van der Waals surface area contributed by atoms with Crippen LogP contribution in [-0.4, -0.2) is 0 Å². The van der Waals surface area contributed by atoms with Crippen molar-refractivity contribution in [1.29, 1.82) is 0 Å². The molecule has 0 bridgehead atoms. The second-order valence-corrected chi connectivity index (χ2v) is 5.62. The second kappa shape index (κ2) is 5.81. The largest absolute Gasteiger partial charge is 0.207 e. The summed E-state index contributed by atoms with van der Waals surface area (Å²) < 4.78 is 26.8. The van der Waals surface area contributed by atoms with Crippen LogP contribution in [0.15, 0.2) is 12.1 Å². The van der Waals surface area contributed by atoms with Gasteiger partial charge in [-0.3, -0.25) is 0 Å². The lowest BCUT2D eigenvalue weighted by Crippen LogP contribution is -2.12. The predicted molar refractivity (Wildman–Crippen MR) is 70.3 cm³/mol. The lowest BCUT2D eigenvalue weighted by molar-refractivity contribution is 0.358. The van der Waals surface area contributed by atoms with Gasteiger partial charge in [0, 0.05) is 5.56 Å². The molecule has 1 aromatic rings. The van der Waals surface area contributed by atoms with Crippen LogP contribution < -0.4 is 0 Å². The molecule has 1 radical (unpaired) electrons. The van der Waals surface area contributed by atoms with Crippen molar-refractivity contribution in [1.82, 2.24) is 0 Å². The first kappa shape index (κ1) is 13.5. The highest BCUT2D eigenvalue weighted by Gasteiger charge is 2.18. The van der Waals surface area contributed by atoms with Gasteiger partial charge in [0.1, 0.15) is 11.6 Å². The Hall–Kier alpha value is -0.920. The molecule has 1 aromatic carbocycles. The SMILES string of the molecule is C[C]1CCC(CCc2cc(F)c(C)c(F)c2)CC1. The summed E-state index contributed by atoms with van der Waals surface area (Å²) in [6.07, 6.45) is 6.76. The Labute approximate surface area is 108 Å². The van der Waals surface area contributed by atoms with E-state index in [0.29, 0.717) is 0 Å². The van der Waals surface area contributed by atoms with Crippen molar-refractivity contribution in [2.75, 3.05) is 0 Å². The number of aryl methyl sites for hydroxylation is 1. The van der Waals surface area contributed by atoms with Crippen LogP contribution in [0.25, 0.3) is 0 Å². The molecule has 2 rings (SSSR count). The van der Waals surface area contributed by atoms with Crippen molar-refractivity contribution in [3.63, 3.8) is 0 Å². The smallest absolute Gasteiger partial charge is 0.129 e. The third-order valence-electron chi connectivity index (χ3n) is 4.14.